The monoisotopic (exact) mass is 1870 g/mol. The van der Waals surface area contributed by atoms with Gasteiger partial charge < -0.3 is 30.6 Å². The summed E-state index contributed by atoms with van der Waals surface area (Å²) in [4.78, 5) is 0. The Balaban J connectivity index is 0.000000204. The van der Waals surface area contributed by atoms with Gasteiger partial charge in [0.05, 0.1) is 0 Å². The molecule has 18 heteroatoms. The summed E-state index contributed by atoms with van der Waals surface area (Å²) in [5, 5.41) is 77.0. The van der Waals surface area contributed by atoms with Gasteiger partial charge in [-0.05, 0) is 232 Å². The van der Waals surface area contributed by atoms with Crippen LogP contribution in [-0.4, -0.2) is 30.6 Å². The summed E-state index contributed by atoms with van der Waals surface area (Å²) in [5.74, 6) is 2.52. The Morgan fingerprint density at radius 1 is 0.220 bits per heavy atom. The van der Waals surface area contributed by atoms with Crippen LogP contribution in [0.25, 0.3) is 0 Å². The molecule has 0 aliphatic rings. The van der Waals surface area contributed by atoms with Gasteiger partial charge in [0.15, 0.2) is 0 Å². The second kappa shape index (κ2) is 47.4. The van der Waals surface area contributed by atoms with Gasteiger partial charge in [0.25, 0.3) is 0 Å². The summed E-state index contributed by atoms with van der Waals surface area (Å²) in [5.41, 5.74) is 17.2. The van der Waals surface area contributed by atoms with Crippen LogP contribution in [0.15, 0.2) is 237 Å². The molecule has 654 valence electrons. The standard InChI is InChI=1S/C22H31OPS.2C19H25OPS.C16H19OPS.C15H17OPS.C14H15OPS/c1-14(25)16-10-8-9-11-18(16)24-19-13-15(21(2,3)4)12-17(20(19)23)22(5,6)7;1-12-10-14(19(3,4)5)11-17(18(12)20)21-16-9-7-6-8-15(16)13(2)22;1-12-10-15(19(3,4)5)18(20)17(11-12)21-16-9-7-6-8-14(16)13(2)22;1-10-8-11(2)16(17)15(9-10)18-14-7-5-4-6-13(14)12(3)19;1-10-6-5-9-14(15(10)16)17-13-8-4-3-7-12(13)11(2)18;1-10(17)11-6-2-4-8-13(11)16-14-9-5-3-7-12(14)15/h8-14,23-25H,1-7H3;2*6-11,13,20-22H,1-5H3;4-9,12,17-19H,1-3H3;3-9,11,16-18H,1-2H3;2-10,15-17H,1H3. The van der Waals surface area contributed by atoms with E-state index in [4.69, 9.17) is 0 Å². The fourth-order valence-corrected chi connectivity index (χ4v) is 24.2. The normalized spacial score (nSPS) is 13.5. The quantitative estimate of drug-likeness (QED) is 0.0307. The second-order valence-electron chi connectivity index (χ2n) is 35.6. The van der Waals surface area contributed by atoms with Crippen LogP contribution in [0.4, 0.5) is 0 Å². The Hall–Kier alpha value is -5.88. The number of phenols is 6. The molecule has 0 fully saturated rings. The molecule has 12 rings (SSSR count). The van der Waals surface area contributed by atoms with Gasteiger partial charge in [-0.15, -0.1) is 0 Å². The first-order chi connectivity index (χ1) is 57.6. The number of aromatic hydroxyl groups is 6. The third kappa shape index (κ3) is 30.9. The lowest BCUT2D eigenvalue weighted by Gasteiger charge is -2.28. The highest BCUT2D eigenvalue weighted by Gasteiger charge is 2.28. The minimum absolute atomic E-state index is 0.0449. The van der Waals surface area contributed by atoms with Crippen LogP contribution < -0.4 is 63.7 Å². The summed E-state index contributed by atoms with van der Waals surface area (Å²) in [6.45, 7) is 48.7. The highest BCUT2D eigenvalue weighted by molar-refractivity contribution is 7.81. The molecule has 0 aromatic heterocycles. The molecule has 0 amide bonds. The fourth-order valence-electron chi connectivity index (χ4n) is 13.6. The largest absolute Gasteiger partial charge is 0.507 e. The van der Waals surface area contributed by atoms with Crippen molar-refractivity contribution in [3.8, 4) is 34.5 Å². The first-order valence-electron chi connectivity index (χ1n) is 41.7. The number of rotatable bonds is 18. The van der Waals surface area contributed by atoms with Crippen molar-refractivity contribution < 1.29 is 30.6 Å². The molecule has 12 unspecified atom stereocenters. The van der Waals surface area contributed by atoms with Crippen LogP contribution in [0.2, 0.25) is 0 Å². The molecule has 12 aromatic rings. The number of para-hydroxylation sites is 2. The molecule has 0 spiro atoms. The minimum Gasteiger partial charge on any atom is -0.507 e. The molecule has 6 N–H and O–H groups in total. The minimum atomic E-state index is -0.0963. The zero-order chi connectivity index (χ0) is 91.3. The number of benzene rings is 12. The van der Waals surface area contributed by atoms with E-state index in [1.165, 1.54) is 87.5 Å². The molecule has 6 nitrogen and oxygen atoms in total. The van der Waals surface area contributed by atoms with Crippen molar-refractivity contribution in [3.63, 3.8) is 0 Å². The third-order valence-corrected chi connectivity index (χ3v) is 30.7. The van der Waals surface area contributed by atoms with E-state index in [2.05, 4.69) is 354 Å². The first kappa shape index (κ1) is 104. The predicted molar refractivity (Wildman–Crippen MR) is 576 cm³/mol. The molecule has 0 saturated carbocycles. The Morgan fingerprint density at radius 2 is 0.455 bits per heavy atom. The molecular weight excluding hydrogens is 1740 g/mol. The SMILES string of the molecule is CC(S)c1ccccc1Pc1cc(C(C)(C)C)cc(C(C)(C)C)c1O.CC(S)c1ccccc1Pc1ccccc1O.Cc1cc(C(C)(C)C)cc(Pc2ccccc2C(C)S)c1O.Cc1cc(C)c(O)c(Pc2ccccc2C(C)S)c1.Cc1cc(Pc2ccccc2C(C)S)c(O)c(C(C)(C)C)c1.Cc1cccc(Pc2ccccc2C(C)S)c1O. The summed E-state index contributed by atoms with van der Waals surface area (Å²) in [7, 11) is 2.69. The van der Waals surface area contributed by atoms with Crippen LogP contribution in [0.1, 0.15) is 240 Å². The van der Waals surface area contributed by atoms with Crippen LogP contribution >= 0.6 is 127 Å². The van der Waals surface area contributed by atoms with Gasteiger partial charge >= 0.3 is 0 Å². The summed E-state index contributed by atoms with van der Waals surface area (Å²) in [6.07, 6.45) is 0. The Labute approximate surface area is 781 Å². The van der Waals surface area contributed by atoms with E-state index >= 15 is 0 Å². The second-order valence-corrected chi connectivity index (χ2v) is 48.2. The molecule has 12 aromatic carbocycles. The summed E-state index contributed by atoms with van der Waals surface area (Å²) < 4.78 is 0. The van der Waals surface area contributed by atoms with Gasteiger partial charge in [0.2, 0.25) is 0 Å². The molecule has 0 saturated heterocycles. The van der Waals surface area contributed by atoms with Gasteiger partial charge in [0.1, 0.15) is 34.5 Å². The lowest BCUT2D eigenvalue weighted by molar-refractivity contribution is 0.448. The lowest BCUT2D eigenvalue weighted by atomic mass is 9.80. The molecule has 0 bridgehead atoms. The maximum Gasteiger partial charge on any atom is 0.127 e. The smallest absolute Gasteiger partial charge is 0.127 e. The van der Waals surface area contributed by atoms with Crippen molar-refractivity contribution in [2.24, 2.45) is 0 Å². The lowest BCUT2D eigenvalue weighted by Crippen LogP contribution is -2.21. The number of phenolic OH excluding ortho intramolecular Hbond substituents is 6. The van der Waals surface area contributed by atoms with Crippen LogP contribution in [0, 0.1) is 34.6 Å². The number of thiol groups is 6. The van der Waals surface area contributed by atoms with Crippen LogP contribution in [0.5, 0.6) is 34.5 Å². The maximum atomic E-state index is 11.0. The van der Waals surface area contributed by atoms with Crippen molar-refractivity contribution in [1.82, 2.24) is 0 Å². The molecule has 0 radical (unpaired) electrons. The first-order valence-corrected chi connectivity index (χ1v) is 50.8. The topological polar surface area (TPSA) is 121 Å². The van der Waals surface area contributed by atoms with Crippen molar-refractivity contribution in [3.05, 3.63) is 320 Å². The average Bonchev–Trinajstić information content (AvgIpc) is 0.780. The number of aryl methyl sites for hydroxylation is 5. The van der Waals surface area contributed by atoms with E-state index in [1.54, 1.807) is 6.07 Å². The Morgan fingerprint density at radius 3 is 0.772 bits per heavy atom. The average molecular weight is 1870 g/mol. The van der Waals surface area contributed by atoms with E-state index in [9.17, 15) is 30.6 Å². The maximum absolute atomic E-state index is 11.0. The van der Waals surface area contributed by atoms with E-state index in [0.29, 0.717) is 86.0 Å². The van der Waals surface area contributed by atoms with Crippen molar-refractivity contribution >= 4 is 191 Å². The fraction of sp³-hybridized carbons (Fsp3) is 0.314. The van der Waals surface area contributed by atoms with Gasteiger partial charge in [-0.2, -0.15) is 75.8 Å². The molecule has 12 atom stereocenters. The van der Waals surface area contributed by atoms with E-state index in [0.717, 1.165) is 59.6 Å². The molecule has 0 aliphatic heterocycles. The molecular formula is C105H132O6P6S6. The van der Waals surface area contributed by atoms with Crippen molar-refractivity contribution in [2.45, 2.75) is 212 Å². The molecule has 123 heavy (non-hydrogen) atoms. The van der Waals surface area contributed by atoms with Crippen molar-refractivity contribution in [2.75, 3.05) is 0 Å². The van der Waals surface area contributed by atoms with Gasteiger partial charge in [-0.1, -0.05) is 341 Å². The Bertz CT molecular complexity index is 5430. The predicted octanol–water partition coefficient (Wildman–Crippen LogP) is 24.8. The number of hydrogen-bond donors (Lipinski definition) is 12. The van der Waals surface area contributed by atoms with Gasteiger partial charge in [-0.25, -0.2) is 0 Å². The Kier molecular flexibility index (Phi) is 40.2. The summed E-state index contributed by atoms with van der Waals surface area (Å²) in [6, 6.07) is 80.3. The highest BCUT2D eigenvalue weighted by atomic mass is 32.1. The van der Waals surface area contributed by atoms with E-state index in [-0.39, 0.29) is 53.2 Å². The van der Waals surface area contributed by atoms with Crippen LogP contribution in [0.3, 0.4) is 0 Å². The third-order valence-electron chi connectivity index (χ3n) is 20.7. The molecule has 0 heterocycles. The van der Waals surface area contributed by atoms with Gasteiger partial charge in [-0.3, -0.25) is 0 Å². The van der Waals surface area contributed by atoms with E-state index in [1.807, 2.05) is 112 Å². The number of hydrogen-bond acceptors (Lipinski definition) is 12. The van der Waals surface area contributed by atoms with Crippen molar-refractivity contribution in [1.29, 1.82) is 0 Å². The highest BCUT2D eigenvalue weighted by Crippen LogP contribution is 2.40. The molecule has 0 aliphatic carbocycles. The van der Waals surface area contributed by atoms with Crippen LogP contribution in [-0.2, 0) is 21.7 Å². The summed E-state index contributed by atoms with van der Waals surface area (Å²) >= 11 is 27.3. The van der Waals surface area contributed by atoms with Gasteiger partial charge in [0, 0.05) is 74.5 Å². The zero-order valence-electron chi connectivity index (χ0n) is 75.8. The van der Waals surface area contributed by atoms with E-state index < -0.39 is 0 Å². The zero-order valence-corrected chi connectivity index (χ0v) is 87.2.